The number of rotatable bonds is 17. The third-order valence-electron chi connectivity index (χ3n) is 14.0. The van der Waals surface area contributed by atoms with Crippen LogP contribution in [0.5, 0.6) is 0 Å². The van der Waals surface area contributed by atoms with Crippen LogP contribution in [0.4, 0.5) is 30.1 Å². The molecule has 4 aromatic carbocycles. The largest absolute Gasteiger partial charge is 0.463 e. The van der Waals surface area contributed by atoms with Crippen LogP contribution in [0.1, 0.15) is 97.1 Å². The summed E-state index contributed by atoms with van der Waals surface area (Å²) < 4.78 is 59.7. The van der Waals surface area contributed by atoms with Gasteiger partial charge in [0.1, 0.15) is 18.5 Å². The molecule has 1 saturated heterocycles. The van der Waals surface area contributed by atoms with Gasteiger partial charge in [0, 0.05) is 63.7 Å². The average Bonchev–Trinajstić information content (AvgIpc) is 4.00. The predicted octanol–water partition coefficient (Wildman–Crippen LogP) is 8.32. The second-order valence-corrected chi connectivity index (χ2v) is 20.6. The lowest BCUT2D eigenvalue weighted by Crippen LogP contribution is -2.47. The number of hydrogen-bond acceptors (Lipinski definition) is 10. The molecule has 0 bridgehead atoms. The third kappa shape index (κ3) is 13.4. The fraction of sp³-hybridized carbons (Fsp3) is 0.462. The Bertz CT molecular complexity index is 2540. The Morgan fingerprint density at radius 1 is 0.686 bits per heavy atom. The van der Waals surface area contributed by atoms with Gasteiger partial charge >= 0.3 is 34.3 Å². The first-order chi connectivity index (χ1) is 33.8. The van der Waals surface area contributed by atoms with E-state index in [1.165, 1.54) is 33.1 Å². The van der Waals surface area contributed by atoms with Crippen LogP contribution in [0.3, 0.4) is 0 Å². The molecule has 1 atom stereocenters. The van der Waals surface area contributed by atoms with Crippen LogP contribution in [0.15, 0.2) is 91.0 Å². The highest BCUT2D eigenvalue weighted by molar-refractivity contribution is 7.87. The molecule has 0 spiro atoms. The molecule has 1 unspecified atom stereocenters. The van der Waals surface area contributed by atoms with E-state index in [0.29, 0.717) is 76.7 Å². The van der Waals surface area contributed by atoms with Crippen LogP contribution < -0.4 is 15.4 Å². The molecular formula is C52H64FN7O9S. The van der Waals surface area contributed by atoms with Gasteiger partial charge in [-0.3, -0.25) is 4.79 Å². The van der Waals surface area contributed by atoms with Gasteiger partial charge in [-0.25, -0.2) is 23.5 Å². The van der Waals surface area contributed by atoms with Crippen LogP contribution in [-0.4, -0.2) is 111 Å². The van der Waals surface area contributed by atoms with E-state index in [0.717, 1.165) is 48.1 Å². The maximum Gasteiger partial charge on any atom is 0.422 e. The molecule has 3 heterocycles. The molecule has 3 aliphatic heterocycles. The van der Waals surface area contributed by atoms with E-state index in [-0.39, 0.29) is 62.0 Å². The number of esters is 1. The summed E-state index contributed by atoms with van der Waals surface area (Å²) in [6.07, 6.45) is 3.32. The number of carbonyl (C=O) groups excluding carboxylic acids is 4. The minimum atomic E-state index is -4.11. The number of piperidine rings is 1. The third-order valence-corrected chi connectivity index (χ3v) is 15.4. The summed E-state index contributed by atoms with van der Waals surface area (Å²) in [5, 5.41) is 5.92. The highest BCUT2D eigenvalue weighted by Gasteiger charge is 2.32. The molecule has 70 heavy (non-hydrogen) atoms. The number of anilines is 2. The van der Waals surface area contributed by atoms with Crippen molar-refractivity contribution in [1.29, 1.82) is 0 Å². The van der Waals surface area contributed by atoms with Crippen molar-refractivity contribution >= 4 is 45.7 Å². The van der Waals surface area contributed by atoms with Crippen molar-refractivity contribution in [2.24, 2.45) is 5.92 Å². The Balaban J connectivity index is 0.637. The molecule has 0 radical (unpaired) electrons. The van der Waals surface area contributed by atoms with Crippen molar-refractivity contribution in [2.45, 2.75) is 96.0 Å². The number of fused-ring (bicyclic) bond motifs is 2. The van der Waals surface area contributed by atoms with Crippen LogP contribution in [0.25, 0.3) is 0 Å². The first kappa shape index (κ1) is 50.3. The fourth-order valence-corrected chi connectivity index (χ4v) is 10.8. The lowest BCUT2D eigenvalue weighted by molar-refractivity contribution is -0.151. The van der Waals surface area contributed by atoms with Crippen molar-refractivity contribution in [3.8, 4) is 0 Å². The summed E-state index contributed by atoms with van der Waals surface area (Å²) in [5.74, 6) is -0.186. The average molecular weight is 982 g/mol. The number of hydrogen-bond donors (Lipinski definition) is 3. The van der Waals surface area contributed by atoms with E-state index in [2.05, 4.69) is 39.6 Å². The molecule has 1 aliphatic carbocycles. The molecule has 4 aromatic rings. The van der Waals surface area contributed by atoms with Gasteiger partial charge in [-0.15, -0.1) is 0 Å². The first-order valence-electron chi connectivity index (χ1n) is 24.3. The number of urea groups is 2. The Morgan fingerprint density at radius 3 is 1.81 bits per heavy atom. The zero-order chi connectivity index (χ0) is 49.2. The highest BCUT2D eigenvalue weighted by atomic mass is 32.2. The SMILES string of the molecule is CC(CCN(C)CCOCCOC(=O)C1CCC(c2ccc(NC(=O)N3Cc4ccccc4C3)cc2)CC1)OC(=O)NS(=O)(=O)N1CCC(c2ccc(NC(=O)N3Cc4ccc(F)cc4C3)cc2)CC1. The van der Waals surface area contributed by atoms with Crippen molar-refractivity contribution in [3.05, 3.63) is 130 Å². The molecule has 1 saturated carbocycles. The van der Waals surface area contributed by atoms with E-state index in [9.17, 15) is 32.0 Å². The van der Waals surface area contributed by atoms with E-state index in [4.69, 9.17) is 14.2 Å². The van der Waals surface area contributed by atoms with Gasteiger partial charge in [-0.05, 0) is 141 Å². The zero-order valence-corrected chi connectivity index (χ0v) is 40.8. The lowest BCUT2D eigenvalue weighted by atomic mass is 9.79. The predicted molar refractivity (Wildman–Crippen MR) is 262 cm³/mol. The maximum absolute atomic E-state index is 13.6. The summed E-state index contributed by atoms with van der Waals surface area (Å²) in [6.45, 7) is 6.19. The fourth-order valence-electron chi connectivity index (χ4n) is 9.75. The molecular weight excluding hydrogens is 918 g/mol. The molecule has 4 aliphatic rings. The summed E-state index contributed by atoms with van der Waals surface area (Å²) >= 11 is 0. The van der Waals surface area contributed by atoms with Gasteiger partial charge in [0.2, 0.25) is 0 Å². The quantitative estimate of drug-likeness (QED) is 0.0689. The van der Waals surface area contributed by atoms with E-state index < -0.39 is 22.4 Å². The summed E-state index contributed by atoms with van der Waals surface area (Å²) in [4.78, 5) is 56.6. The van der Waals surface area contributed by atoms with Crippen molar-refractivity contribution in [1.82, 2.24) is 23.7 Å². The Labute approximate surface area is 410 Å². The topological polar surface area (TPSA) is 179 Å². The minimum absolute atomic E-state index is 0.105. The molecule has 3 N–H and O–H groups in total. The van der Waals surface area contributed by atoms with E-state index >= 15 is 0 Å². The number of nitrogens with one attached hydrogen (secondary N) is 3. The molecule has 0 aromatic heterocycles. The number of ether oxygens (including phenoxy) is 3. The second kappa shape index (κ2) is 23.2. The zero-order valence-electron chi connectivity index (χ0n) is 39.9. The molecule has 374 valence electrons. The number of carbonyl (C=O) groups is 4. The highest BCUT2D eigenvalue weighted by Crippen LogP contribution is 2.37. The number of halogens is 1. The summed E-state index contributed by atoms with van der Waals surface area (Å²) in [5.41, 5.74) is 7.71. The Hall–Kier alpha value is -6.08. The normalized spacial score (nSPS) is 18.7. The number of benzene rings is 4. The van der Waals surface area contributed by atoms with Gasteiger partial charge in [0.25, 0.3) is 0 Å². The van der Waals surface area contributed by atoms with Gasteiger partial charge < -0.3 is 39.5 Å². The molecule has 18 heteroatoms. The number of amides is 5. The minimum Gasteiger partial charge on any atom is -0.463 e. The van der Waals surface area contributed by atoms with Crippen LogP contribution in [0.2, 0.25) is 0 Å². The molecule has 8 rings (SSSR count). The van der Waals surface area contributed by atoms with E-state index in [1.54, 1.807) is 22.8 Å². The molecule has 16 nitrogen and oxygen atoms in total. The Kier molecular flexibility index (Phi) is 16.7. The van der Waals surface area contributed by atoms with Crippen LogP contribution >= 0.6 is 0 Å². The maximum atomic E-state index is 13.6. The first-order valence-corrected chi connectivity index (χ1v) is 25.8. The van der Waals surface area contributed by atoms with Crippen molar-refractivity contribution in [3.63, 3.8) is 0 Å². The lowest BCUT2D eigenvalue weighted by Gasteiger charge is -2.31. The standard InChI is InChI=1S/C52H64FN7O9S/c1-36(69-52(64)56-70(65,66)60-25-22-40(23-26-60)39-14-19-48(20-15-39)55-51(63)59-34-44-11-16-46(53)31-45(44)35-59)21-24-57(2)27-28-67-29-30-68-49(61)41-9-7-37(8-10-41)38-12-17-47(18-13-38)54-50(62)58-32-42-5-3-4-6-43(42)33-58/h3-6,11-20,31,36-37,40-41H,7-10,21-30,32-35H2,1-2H3,(H,54,62)(H,55,63)(H,56,64). The summed E-state index contributed by atoms with van der Waals surface area (Å²) in [6, 6.07) is 27.8. The summed E-state index contributed by atoms with van der Waals surface area (Å²) in [7, 11) is -2.19. The van der Waals surface area contributed by atoms with Crippen molar-refractivity contribution < 1.29 is 46.2 Å². The Morgan fingerprint density at radius 2 is 1.23 bits per heavy atom. The van der Waals surface area contributed by atoms with E-state index in [1.807, 2.05) is 60.5 Å². The van der Waals surface area contributed by atoms with Gasteiger partial charge in [0.15, 0.2) is 0 Å². The second-order valence-electron chi connectivity index (χ2n) is 18.9. The monoisotopic (exact) mass is 981 g/mol. The molecule has 2 fully saturated rings. The van der Waals surface area contributed by atoms with Gasteiger partial charge in [-0.1, -0.05) is 54.6 Å². The van der Waals surface area contributed by atoms with Gasteiger partial charge in [0.05, 0.1) is 19.1 Å². The number of nitrogens with zero attached hydrogens (tertiary/aromatic N) is 4. The molecule has 5 amide bonds. The smallest absolute Gasteiger partial charge is 0.422 e. The van der Waals surface area contributed by atoms with Gasteiger partial charge in [-0.2, -0.15) is 12.7 Å². The van der Waals surface area contributed by atoms with Crippen LogP contribution in [-0.2, 0) is 55.4 Å². The van der Waals surface area contributed by atoms with Crippen LogP contribution in [0, 0.1) is 11.7 Å². The van der Waals surface area contributed by atoms with Crippen molar-refractivity contribution in [2.75, 3.05) is 63.7 Å². The number of likely N-dealkylation sites (N-methyl/N-ethyl adjacent to an activating group) is 1.